The van der Waals surface area contributed by atoms with E-state index in [2.05, 4.69) is 10.2 Å². The highest BCUT2D eigenvalue weighted by Gasteiger charge is 2.04. The summed E-state index contributed by atoms with van der Waals surface area (Å²) in [7, 11) is 0. The van der Waals surface area contributed by atoms with Crippen molar-refractivity contribution in [2.24, 2.45) is 0 Å². The Bertz CT molecular complexity index is 393. The number of nitrogens with one attached hydrogen (secondary N) is 1. The van der Waals surface area contributed by atoms with Crippen LogP contribution in [0.4, 0.5) is 10.1 Å². The molecule has 4 heteroatoms. The molecule has 3 N–H and O–H groups in total. The zero-order chi connectivity index (χ0) is 7.84. The van der Waals surface area contributed by atoms with E-state index in [0.29, 0.717) is 5.52 Å². The van der Waals surface area contributed by atoms with Gasteiger partial charge >= 0.3 is 0 Å². The molecule has 0 saturated heterocycles. The van der Waals surface area contributed by atoms with E-state index in [1.54, 1.807) is 12.3 Å². The summed E-state index contributed by atoms with van der Waals surface area (Å²) >= 11 is 0. The van der Waals surface area contributed by atoms with Crippen molar-refractivity contribution >= 4 is 16.6 Å². The van der Waals surface area contributed by atoms with E-state index in [1.165, 1.54) is 6.07 Å². The van der Waals surface area contributed by atoms with Gasteiger partial charge in [0, 0.05) is 5.39 Å². The topological polar surface area (TPSA) is 54.7 Å². The number of nitrogens with two attached hydrogens (primary N) is 1. The minimum absolute atomic E-state index is 0.141. The SMILES string of the molecule is Nc1ccc2cn[nH]c2c1F. The molecule has 1 aromatic heterocycles. The molecule has 2 aromatic rings. The Morgan fingerprint density at radius 1 is 1.45 bits per heavy atom. The minimum atomic E-state index is -0.431. The molecule has 0 atom stereocenters. The smallest absolute Gasteiger partial charge is 0.171 e. The van der Waals surface area contributed by atoms with Gasteiger partial charge in [0.05, 0.1) is 11.9 Å². The Kier molecular flexibility index (Phi) is 1.09. The number of nitrogen functional groups attached to an aromatic ring is 1. The van der Waals surface area contributed by atoms with Crippen molar-refractivity contribution in [1.82, 2.24) is 10.2 Å². The van der Waals surface area contributed by atoms with E-state index < -0.39 is 5.82 Å². The van der Waals surface area contributed by atoms with Crippen LogP contribution in [0, 0.1) is 5.82 Å². The number of rotatable bonds is 0. The molecule has 0 spiro atoms. The van der Waals surface area contributed by atoms with E-state index in [4.69, 9.17) is 5.73 Å². The summed E-state index contributed by atoms with van der Waals surface area (Å²) in [6.07, 6.45) is 1.55. The maximum atomic E-state index is 13.0. The van der Waals surface area contributed by atoms with Crippen molar-refractivity contribution in [2.75, 3.05) is 5.73 Å². The van der Waals surface area contributed by atoms with Gasteiger partial charge in [-0.1, -0.05) is 0 Å². The van der Waals surface area contributed by atoms with Crippen LogP contribution in [0.25, 0.3) is 10.9 Å². The fourth-order valence-corrected chi connectivity index (χ4v) is 0.995. The summed E-state index contributed by atoms with van der Waals surface area (Å²) in [6.45, 7) is 0. The number of H-pyrrole nitrogens is 1. The van der Waals surface area contributed by atoms with Crippen LogP contribution in [-0.4, -0.2) is 10.2 Å². The van der Waals surface area contributed by atoms with E-state index in [-0.39, 0.29) is 5.69 Å². The molecular formula is C7H6FN3. The fraction of sp³-hybridized carbons (Fsp3) is 0. The maximum Gasteiger partial charge on any atom is 0.171 e. The highest BCUT2D eigenvalue weighted by molar-refractivity contribution is 5.81. The summed E-state index contributed by atoms with van der Waals surface area (Å²) in [4.78, 5) is 0. The van der Waals surface area contributed by atoms with Gasteiger partial charge in [0.1, 0.15) is 5.52 Å². The van der Waals surface area contributed by atoms with Crippen LogP contribution in [0.5, 0.6) is 0 Å². The number of hydrogen-bond donors (Lipinski definition) is 2. The third kappa shape index (κ3) is 0.756. The number of hydrogen-bond acceptors (Lipinski definition) is 2. The number of benzene rings is 1. The van der Waals surface area contributed by atoms with Gasteiger partial charge < -0.3 is 5.73 Å². The van der Waals surface area contributed by atoms with Gasteiger partial charge in [0.15, 0.2) is 5.82 Å². The number of fused-ring (bicyclic) bond motifs is 1. The Labute approximate surface area is 62.0 Å². The molecule has 56 valence electrons. The number of halogens is 1. The van der Waals surface area contributed by atoms with E-state index in [9.17, 15) is 4.39 Å². The van der Waals surface area contributed by atoms with Gasteiger partial charge in [0.2, 0.25) is 0 Å². The number of aromatic amines is 1. The predicted molar refractivity (Wildman–Crippen MR) is 40.5 cm³/mol. The second kappa shape index (κ2) is 1.95. The summed E-state index contributed by atoms with van der Waals surface area (Å²) in [5, 5.41) is 6.94. The second-order valence-electron chi connectivity index (χ2n) is 2.30. The third-order valence-electron chi connectivity index (χ3n) is 1.58. The Balaban J connectivity index is 2.93. The molecule has 2 rings (SSSR count). The maximum absolute atomic E-state index is 13.0. The third-order valence-corrected chi connectivity index (χ3v) is 1.58. The normalized spacial score (nSPS) is 10.6. The zero-order valence-corrected chi connectivity index (χ0v) is 5.63. The highest BCUT2D eigenvalue weighted by atomic mass is 19.1. The van der Waals surface area contributed by atoms with Crippen LogP contribution in [0.3, 0.4) is 0 Å². The van der Waals surface area contributed by atoms with Gasteiger partial charge in [-0.15, -0.1) is 0 Å². The van der Waals surface area contributed by atoms with Crippen molar-refractivity contribution in [3.63, 3.8) is 0 Å². The molecule has 0 aliphatic heterocycles. The van der Waals surface area contributed by atoms with Crippen LogP contribution >= 0.6 is 0 Å². The van der Waals surface area contributed by atoms with Gasteiger partial charge in [-0.05, 0) is 12.1 Å². The summed E-state index contributed by atoms with van der Waals surface area (Å²) in [6, 6.07) is 3.24. The molecule has 11 heavy (non-hydrogen) atoms. The average molecular weight is 151 g/mol. The molecule has 0 amide bonds. The molecule has 1 aromatic carbocycles. The molecule has 3 nitrogen and oxygen atoms in total. The molecule has 0 fully saturated rings. The lowest BCUT2D eigenvalue weighted by Gasteiger charge is -1.94. The molecule has 0 bridgehead atoms. The van der Waals surface area contributed by atoms with Crippen molar-refractivity contribution in [2.45, 2.75) is 0 Å². The average Bonchev–Trinajstić information content (AvgIpc) is 2.45. The van der Waals surface area contributed by atoms with Crippen LogP contribution in [0.1, 0.15) is 0 Å². The van der Waals surface area contributed by atoms with Crippen LogP contribution < -0.4 is 5.73 Å². The molecule has 0 aliphatic rings. The minimum Gasteiger partial charge on any atom is -0.396 e. The van der Waals surface area contributed by atoms with Crippen molar-refractivity contribution < 1.29 is 4.39 Å². The number of anilines is 1. The number of nitrogens with zero attached hydrogens (tertiary/aromatic N) is 1. The summed E-state index contributed by atoms with van der Waals surface area (Å²) in [5.74, 6) is -0.431. The lowest BCUT2D eigenvalue weighted by Crippen LogP contribution is -1.90. The molecule has 0 unspecified atom stereocenters. The Hall–Kier alpha value is -1.58. The standard InChI is InChI=1S/C7H6FN3/c8-6-5(9)2-1-4-3-10-11-7(4)6/h1-3H,9H2,(H,10,11). The van der Waals surface area contributed by atoms with Crippen LogP contribution in [0.15, 0.2) is 18.3 Å². The van der Waals surface area contributed by atoms with Gasteiger partial charge in [-0.3, -0.25) is 5.10 Å². The number of aromatic nitrogens is 2. The van der Waals surface area contributed by atoms with Gasteiger partial charge in [0.25, 0.3) is 0 Å². The largest absolute Gasteiger partial charge is 0.396 e. The predicted octanol–water partition coefficient (Wildman–Crippen LogP) is 1.28. The van der Waals surface area contributed by atoms with Gasteiger partial charge in [-0.2, -0.15) is 5.10 Å². The highest BCUT2D eigenvalue weighted by Crippen LogP contribution is 2.19. The Morgan fingerprint density at radius 3 is 3.09 bits per heavy atom. The lowest BCUT2D eigenvalue weighted by molar-refractivity contribution is 0.641. The quantitative estimate of drug-likeness (QED) is 0.557. The van der Waals surface area contributed by atoms with Crippen molar-refractivity contribution in [3.8, 4) is 0 Å². The molecule has 0 aliphatic carbocycles. The lowest BCUT2D eigenvalue weighted by atomic mass is 10.2. The molecule has 0 radical (unpaired) electrons. The first kappa shape index (κ1) is 6.15. The van der Waals surface area contributed by atoms with Crippen molar-refractivity contribution in [1.29, 1.82) is 0 Å². The van der Waals surface area contributed by atoms with Crippen LogP contribution in [-0.2, 0) is 0 Å². The molecule has 1 heterocycles. The summed E-state index contributed by atoms with van der Waals surface area (Å²) < 4.78 is 13.0. The second-order valence-corrected chi connectivity index (χ2v) is 2.30. The Morgan fingerprint density at radius 2 is 2.27 bits per heavy atom. The van der Waals surface area contributed by atoms with Crippen LogP contribution in [0.2, 0.25) is 0 Å². The van der Waals surface area contributed by atoms with Gasteiger partial charge in [-0.25, -0.2) is 4.39 Å². The first-order valence-corrected chi connectivity index (χ1v) is 3.16. The molecular weight excluding hydrogens is 145 g/mol. The monoisotopic (exact) mass is 151 g/mol. The first-order valence-electron chi connectivity index (χ1n) is 3.16. The van der Waals surface area contributed by atoms with E-state index >= 15 is 0 Å². The van der Waals surface area contributed by atoms with E-state index in [1.807, 2.05) is 0 Å². The van der Waals surface area contributed by atoms with E-state index in [0.717, 1.165) is 5.39 Å². The summed E-state index contributed by atoms with van der Waals surface area (Å²) in [5.41, 5.74) is 5.83. The first-order chi connectivity index (χ1) is 5.29. The molecule has 0 saturated carbocycles. The zero-order valence-electron chi connectivity index (χ0n) is 5.63. The fourth-order valence-electron chi connectivity index (χ4n) is 0.995. The van der Waals surface area contributed by atoms with Crippen molar-refractivity contribution in [3.05, 3.63) is 24.1 Å².